The first kappa shape index (κ1) is 16.3. The molecule has 1 aliphatic heterocycles. The molecule has 25 heavy (non-hydrogen) atoms. The Morgan fingerprint density at radius 1 is 1.36 bits per heavy atom. The Labute approximate surface area is 150 Å². The van der Waals surface area contributed by atoms with Gasteiger partial charge in [-0.05, 0) is 11.6 Å². The highest BCUT2D eigenvalue weighted by molar-refractivity contribution is 7.09. The molecule has 7 nitrogen and oxygen atoms in total. The lowest BCUT2D eigenvalue weighted by Gasteiger charge is -2.31. The Balaban J connectivity index is 1.44. The van der Waals surface area contributed by atoms with Gasteiger partial charge in [0, 0.05) is 50.0 Å². The highest BCUT2D eigenvalue weighted by atomic mass is 32.1. The van der Waals surface area contributed by atoms with Crippen LogP contribution in [0.1, 0.15) is 27.9 Å². The number of pyridine rings is 1. The number of hydrogen-bond donors (Lipinski definition) is 0. The van der Waals surface area contributed by atoms with Gasteiger partial charge in [0.2, 0.25) is 0 Å². The van der Waals surface area contributed by atoms with E-state index in [1.54, 1.807) is 17.5 Å². The Hall–Kier alpha value is -2.16. The van der Waals surface area contributed by atoms with Gasteiger partial charge in [-0.25, -0.2) is 4.98 Å². The molecule has 8 heteroatoms. The molecule has 3 aromatic heterocycles. The maximum Gasteiger partial charge on any atom is 0.107 e. The quantitative estimate of drug-likeness (QED) is 0.673. The van der Waals surface area contributed by atoms with Crippen LogP contribution in [0, 0.1) is 0 Å². The van der Waals surface area contributed by atoms with Crippen LogP contribution in [-0.4, -0.2) is 43.0 Å². The summed E-state index contributed by atoms with van der Waals surface area (Å²) in [6, 6.07) is 3.96. The van der Waals surface area contributed by atoms with E-state index in [2.05, 4.69) is 25.2 Å². The van der Waals surface area contributed by atoms with Crippen molar-refractivity contribution in [3.05, 3.63) is 58.1 Å². The van der Waals surface area contributed by atoms with Crippen molar-refractivity contribution in [3.8, 4) is 0 Å². The highest BCUT2D eigenvalue weighted by Gasteiger charge is 2.30. The molecule has 0 amide bonds. The van der Waals surface area contributed by atoms with Crippen molar-refractivity contribution in [1.29, 1.82) is 0 Å². The second-order valence-corrected chi connectivity index (χ2v) is 7.19. The zero-order valence-electron chi connectivity index (χ0n) is 14.1. The van der Waals surface area contributed by atoms with Crippen LogP contribution in [0.4, 0.5) is 0 Å². The molecule has 1 atom stereocenters. The van der Waals surface area contributed by atoms with E-state index < -0.39 is 0 Å². The van der Waals surface area contributed by atoms with E-state index in [0.29, 0.717) is 13.2 Å². The Bertz CT molecular complexity index is 804. The van der Waals surface area contributed by atoms with Gasteiger partial charge in [0.25, 0.3) is 0 Å². The Kier molecular flexibility index (Phi) is 4.82. The average molecular weight is 356 g/mol. The maximum absolute atomic E-state index is 5.98. The maximum atomic E-state index is 5.98. The van der Waals surface area contributed by atoms with Crippen LogP contribution in [-0.2, 0) is 31.5 Å². The summed E-state index contributed by atoms with van der Waals surface area (Å²) in [6.45, 7) is 3.77. The largest absolute Gasteiger partial charge is 0.376 e. The molecule has 1 unspecified atom stereocenters. The van der Waals surface area contributed by atoms with Gasteiger partial charge in [-0.2, -0.15) is 0 Å². The molecule has 0 aliphatic carbocycles. The zero-order chi connectivity index (χ0) is 17.1. The normalized spacial score (nSPS) is 17.6. The van der Waals surface area contributed by atoms with Gasteiger partial charge in [-0.1, -0.05) is 11.3 Å². The highest BCUT2D eigenvalue weighted by Crippen LogP contribution is 2.28. The van der Waals surface area contributed by atoms with Crippen molar-refractivity contribution in [2.24, 2.45) is 7.05 Å². The summed E-state index contributed by atoms with van der Waals surface area (Å²) in [4.78, 5) is 10.9. The fourth-order valence-electron chi connectivity index (χ4n) is 3.27. The zero-order valence-corrected chi connectivity index (χ0v) is 14.9. The molecule has 1 aliphatic rings. The molecular weight excluding hydrogens is 336 g/mol. The number of nitrogens with zero attached hydrogens (tertiary/aromatic N) is 6. The third-order valence-electron chi connectivity index (χ3n) is 4.34. The predicted molar refractivity (Wildman–Crippen MR) is 93.9 cm³/mol. The SMILES string of the molecule is Cn1nnc2c1C(COCc1cccnc1)CN(Cc1nccs1)C2. The number of hydrogen-bond acceptors (Lipinski definition) is 7. The number of aryl methyl sites for hydroxylation is 1. The van der Waals surface area contributed by atoms with Crippen LogP contribution < -0.4 is 0 Å². The molecule has 0 saturated carbocycles. The summed E-state index contributed by atoms with van der Waals surface area (Å²) in [5, 5.41) is 11.7. The van der Waals surface area contributed by atoms with Gasteiger partial charge in [-0.3, -0.25) is 14.6 Å². The molecule has 0 aromatic carbocycles. The molecule has 0 N–H and O–H groups in total. The summed E-state index contributed by atoms with van der Waals surface area (Å²) < 4.78 is 7.86. The van der Waals surface area contributed by atoms with Gasteiger partial charge >= 0.3 is 0 Å². The van der Waals surface area contributed by atoms with Crippen LogP contribution in [0.25, 0.3) is 0 Å². The van der Waals surface area contributed by atoms with Crippen LogP contribution >= 0.6 is 11.3 Å². The van der Waals surface area contributed by atoms with E-state index >= 15 is 0 Å². The fourth-order valence-corrected chi connectivity index (χ4v) is 3.93. The molecule has 0 saturated heterocycles. The van der Waals surface area contributed by atoms with Gasteiger partial charge in [0.05, 0.1) is 25.5 Å². The van der Waals surface area contributed by atoms with Crippen LogP contribution in [0.3, 0.4) is 0 Å². The van der Waals surface area contributed by atoms with Gasteiger partial charge < -0.3 is 4.74 Å². The minimum Gasteiger partial charge on any atom is -0.376 e. The van der Waals surface area contributed by atoms with E-state index in [4.69, 9.17) is 4.74 Å². The monoisotopic (exact) mass is 356 g/mol. The molecule has 0 radical (unpaired) electrons. The first-order chi connectivity index (χ1) is 12.3. The molecule has 0 spiro atoms. The van der Waals surface area contributed by atoms with Crippen molar-refractivity contribution >= 4 is 11.3 Å². The van der Waals surface area contributed by atoms with E-state index in [1.165, 1.54) is 5.69 Å². The molecule has 0 bridgehead atoms. The Morgan fingerprint density at radius 2 is 2.32 bits per heavy atom. The third kappa shape index (κ3) is 3.76. The van der Waals surface area contributed by atoms with E-state index in [1.807, 2.05) is 41.6 Å². The van der Waals surface area contributed by atoms with Gasteiger partial charge in [-0.15, -0.1) is 16.4 Å². The lowest BCUT2D eigenvalue weighted by molar-refractivity contribution is 0.0828. The summed E-state index contributed by atoms with van der Waals surface area (Å²) >= 11 is 1.69. The average Bonchev–Trinajstić information content (AvgIpc) is 3.26. The smallest absolute Gasteiger partial charge is 0.107 e. The predicted octanol–water partition coefficient (Wildman–Crippen LogP) is 1.98. The lowest BCUT2D eigenvalue weighted by atomic mass is 9.99. The molecule has 130 valence electrons. The van der Waals surface area contributed by atoms with E-state index in [0.717, 1.165) is 35.9 Å². The van der Waals surface area contributed by atoms with Crippen molar-refractivity contribution < 1.29 is 4.74 Å². The van der Waals surface area contributed by atoms with Crippen molar-refractivity contribution in [2.45, 2.75) is 25.6 Å². The molecular formula is C17H20N6OS. The summed E-state index contributed by atoms with van der Waals surface area (Å²) in [7, 11) is 1.95. The molecule has 3 aromatic rings. The second-order valence-electron chi connectivity index (χ2n) is 6.21. The summed E-state index contributed by atoms with van der Waals surface area (Å²) in [5.41, 5.74) is 3.31. The number of ether oxygens (including phenoxy) is 1. The standard InChI is InChI=1S/C17H20N6OS/c1-22-17-14(12-24-11-13-3-2-4-18-7-13)8-23(9-15(17)20-21-22)10-16-19-5-6-25-16/h2-7,14H,8-12H2,1H3. The molecule has 4 rings (SSSR count). The first-order valence-corrected chi connectivity index (χ1v) is 9.13. The first-order valence-electron chi connectivity index (χ1n) is 8.25. The summed E-state index contributed by atoms with van der Waals surface area (Å²) in [6.07, 6.45) is 5.47. The van der Waals surface area contributed by atoms with Crippen LogP contribution in [0.2, 0.25) is 0 Å². The van der Waals surface area contributed by atoms with Crippen LogP contribution in [0.15, 0.2) is 36.1 Å². The van der Waals surface area contributed by atoms with Crippen molar-refractivity contribution in [1.82, 2.24) is 29.9 Å². The lowest BCUT2D eigenvalue weighted by Crippen LogP contribution is -2.36. The van der Waals surface area contributed by atoms with E-state index in [9.17, 15) is 0 Å². The van der Waals surface area contributed by atoms with Crippen LogP contribution in [0.5, 0.6) is 0 Å². The number of aromatic nitrogens is 5. The molecule has 4 heterocycles. The van der Waals surface area contributed by atoms with Gasteiger partial charge in [0.1, 0.15) is 10.7 Å². The van der Waals surface area contributed by atoms with E-state index in [-0.39, 0.29) is 5.92 Å². The number of thiazole rings is 1. The number of rotatable bonds is 6. The second kappa shape index (κ2) is 7.38. The Morgan fingerprint density at radius 3 is 3.12 bits per heavy atom. The minimum atomic E-state index is 0.250. The van der Waals surface area contributed by atoms with Crippen molar-refractivity contribution in [2.75, 3.05) is 13.2 Å². The minimum absolute atomic E-state index is 0.250. The topological polar surface area (TPSA) is 69.0 Å². The van der Waals surface area contributed by atoms with Gasteiger partial charge in [0.15, 0.2) is 0 Å². The summed E-state index contributed by atoms with van der Waals surface area (Å²) in [5.74, 6) is 0.250. The third-order valence-corrected chi connectivity index (χ3v) is 5.10. The fraction of sp³-hybridized carbons (Fsp3) is 0.412. The van der Waals surface area contributed by atoms with Crippen molar-refractivity contribution in [3.63, 3.8) is 0 Å². The molecule has 0 fully saturated rings. The number of fused-ring (bicyclic) bond motifs is 1.